The normalized spacial score (nSPS) is 16.7. The number of nitriles is 1. The SMILES string of the molecule is CCNC(=NCc1cc(C#N)ccc1F)NC1CCCN(c2cnn(C)c2)C1.I. The monoisotopic (exact) mass is 511 g/mol. The minimum absolute atomic E-state index is 0. The number of hydrogen-bond acceptors (Lipinski definition) is 4. The molecule has 1 unspecified atom stereocenters. The van der Waals surface area contributed by atoms with Crippen LogP contribution in [0.2, 0.25) is 0 Å². The Morgan fingerprint density at radius 2 is 2.28 bits per heavy atom. The summed E-state index contributed by atoms with van der Waals surface area (Å²) in [6, 6.07) is 6.61. The van der Waals surface area contributed by atoms with Crippen molar-refractivity contribution < 1.29 is 4.39 Å². The molecule has 156 valence electrons. The molecule has 1 atom stereocenters. The maximum Gasteiger partial charge on any atom is 0.191 e. The Balaban J connectivity index is 0.00000300. The lowest BCUT2D eigenvalue weighted by atomic mass is 10.1. The first-order chi connectivity index (χ1) is 13.6. The van der Waals surface area contributed by atoms with E-state index in [4.69, 9.17) is 5.26 Å². The molecule has 2 N–H and O–H groups in total. The second kappa shape index (κ2) is 11.0. The van der Waals surface area contributed by atoms with Crippen molar-refractivity contribution >= 4 is 35.6 Å². The summed E-state index contributed by atoms with van der Waals surface area (Å²) in [5, 5.41) is 19.9. The molecule has 2 aromatic rings. The van der Waals surface area contributed by atoms with E-state index < -0.39 is 0 Å². The number of aryl methyl sites for hydroxylation is 1. The number of nitrogens with one attached hydrogen (secondary N) is 2. The molecule has 1 fully saturated rings. The van der Waals surface area contributed by atoms with Crippen LogP contribution in [0.3, 0.4) is 0 Å². The van der Waals surface area contributed by atoms with Crippen LogP contribution < -0.4 is 15.5 Å². The van der Waals surface area contributed by atoms with Crippen molar-refractivity contribution in [2.24, 2.45) is 12.0 Å². The number of aliphatic imine (C=N–C) groups is 1. The molecule has 0 spiro atoms. The summed E-state index contributed by atoms with van der Waals surface area (Å²) in [4.78, 5) is 6.84. The van der Waals surface area contributed by atoms with Crippen molar-refractivity contribution in [2.75, 3.05) is 24.5 Å². The van der Waals surface area contributed by atoms with Gasteiger partial charge in [0.25, 0.3) is 0 Å². The second-order valence-electron chi connectivity index (χ2n) is 6.91. The van der Waals surface area contributed by atoms with Crippen molar-refractivity contribution in [3.05, 3.63) is 47.5 Å². The first kappa shape index (κ1) is 22.9. The van der Waals surface area contributed by atoms with Gasteiger partial charge in [0.05, 0.1) is 30.1 Å². The average Bonchev–Trinajstić information content (AvgIpc) is 3.14. The molecule has 1 aromatic heterocycles. The summed E-state index contributed by atoms with van der Waals surface area (Å²) in [5.41, 5.74) is 1.96. The third-order valence-electron chi connectivity index (χ3n) is 4.75. The number of guanidine groups is 1. The number of benzene rings is 1. The van der Waals surface area contributed by atoms with Gasteiger partial charge in [-0.2, -0.15) is 10.4 Å². The predicted octanol–water partition coefficient (Wildman–Crippen LogP) is 2.77. The molecule has 0 bridgehead atoms. The molecule has 29 heavy (non-hydrogen) atoms. The molecule has 1 aliphatic heterocycles. The summed E-state index contributed by atoms with van der Waals surface area (Å²) in [7, 11) is 1.92. The van der Waals surface area contributed by atoms with Gasteiger partial charge in [0.2, 0.25) is 0 Å². The fourth-order valence-electron chi connectivity index (χ4n) is 3.34. The lowest BCUT2D eigenvalue weighted by Crippen LogP contribution is -2.51. The van der Waals surface area contributed by atoms with Crippen LogP contribution in [0, 0.1) is 17.1 Å². The summed E-state index contributed by atoms with van der Waals surface area (Å²) in [5.74, 6) is 0.307. The van der Waals surface area contributed by atoms with Gasteiger partial charge >= 0.3 is 0 Å². The highest BCUT2D eigenvalue weighted by Gasteiger charge is 2.21. The lowest BCUT2D eigenvalue weighted by Gasteiger charge is -2.34. The zero-order valence-corrected chi connectivity index (χ0v) is 19.1. The van der Waals surface area contributed by atoms with E-state index in [-0.39, 0.29) is 42.4 Å². The molecule has 7 nitrogen and oxygen atoms in total. The van der Waals surface area contributed by atoms with E-state index in [2.05, 4.69) is 25.6 Å². The summed E-state index contributed by atoms with van der Waals surface area (Å²) in [6.07, 6.45) is 6.02. The standard InChI is InChI=1S/C20H26FN7.HI/c1-3-23-20(24-11-16-9-15(10-22)6-7-19(16)21)26-17-5-4-8-28(13-17)18-12-25-27(2)14-18;/h6-7,9,12,14,17H,3-5,8,11,13H2,1-2H3,(H2,23,24,26);1H. The van der Waals surface area contributed by atoms with Crippen molar-refractivity contribution in [1.82, 2.24) is 20.4 Å². The van der Waals surface area contributed by atoms with Gasteiger partial charge < -0.3 is 15.5 Å². The quantitative estimate of drug-likeness (QED) is 0.367. The fourth-order valence-corrected chi connectivity index (χ4v) is 3.34. The van der Waals surface area contributed by atoms with Crippen molar-refractivity contribution in [3.63, 3.8) is 0 Å². The van der Waals surface area contributed by atoms with E-state index in [1.807, 2.05) is 37.1 Å². The predicted molar refractivity (Wildman–Crippen MR) is 123 cm³/mol. The fraction of sp³-hybridized carbons (Fsp3) is 0.450. The van der Waals surface area contributed by atoms with E-state index in [1.54, 1.807) is 6.07 Å². The van der Waals surface area contributed by atoms with Gasteiger partial charge in [-0.25, -0.2) is 9.38 Å². The van der Waals surface area contributed by atoms with E-state index in [0.717, 1.165) is 31.6 Å². The molecule has 9 heteroatoms. The van der Waals surface area contributed by atoms with Crippen LogP contribution in [-0.2, 0) is 13.6 Å². The topological polar surface area (TPSA) is 81.3 Å². The summed E-state index contributed by atoms with van der Waals surface area (Å²) < 4.78 is 15.8. The van der Waals surface area contributed by atoms with Crippen molar-refractivity contribution in [2.45, 2.75) is 32.4 Å². The van der Waals surface area contributed by atoms with E-state index in [1.165, 1.54) is 12.1 Å². The number of anilines is 1. The Labute approximate surface area is 188 Å². The molecule has 1 aliphatic rings. The van der Waals surface area contributed by atoms with E-state index in [0.29, 0.717) is 23.6 Å². The van der Waals surface area contributed by atoms with Gasteiger partial charge in [-0.1, -0.05) is 0 Å². The van der Waals surface area contributed by atoms with Crippen molar-refractivity contribution in [1.29, 1.82) is 5.26 Å². The third-order valence-corrected chi connectivity index (χ3v) is 4.75. The molecule has 1 saturated heterocycles. The second-order valence-corrected chi connectivity index (χ2v) is 6.91. The van der Waals surface area contributed by atoms with Crippen LogP contribution in [0.25, 0.3) is 0 Å². The summed E-state index contributed by atoms with van der Waals surface area (Å²) in [6.45, 7) is 4.75. The van der Waals surface area contributed by atoms with Gasteiger partial charge in [0, 0.05) is 44.5 Å². The molecule has 0 aliphatic carbocycles. The van der Waals surface area contributed by atoms with E-state index in [9.17, 15) is 4.39 Å². The third kappa shape index (κ3) is 6.32. The Morgan fingerprint density at radius 3 is 2.97 bits per heavy atom. The Morgan fingerprint density at radius 1 is 1.45 bits per heavy atom. The van der Waals surface area contributed by atoms with Gasteiger partial charge in [0.1, 0.15) is 5.82 Å². The molecular weight excluding hydrogens is 484 g/mol. The molecular formula is C20H27FIN7. The maximum atomic E-state index is 14.0. The molecule has 1 aromatic carbocycles. The molecule has 3 rings (SSSR count). The number of piperidine rings is 1. The van der Waals surface area contributed by atoms with E-state index >= 15 is 0 Å². The largest absolute Gasteiger partial charge is 0.367 e. The highest BCUT2D eigenvalue weighted by atomic mass is 127. The van der Waals surface area contributed by atoms with Gasteiger partial charge in [-0.05, 0) is 38.0 Å². The van der Waals surface area contributed by atoms with Gasteiger partial charge in [-0.15, -0.1) is 24.0 Å². The summed E-state index contributed by atoms with van der Waals surface area (Å²) >= 11 is 0. The molecule has 0 radical (unpaired) electrons. The molecule has 0 amide bonds. The van der Waals surface area contributed by atoms with Crippen LogP contribution >= 0.6 is 24.0 Å². The number of aromatic nitrogens is 2. The van der Waals surface area contributed by atoms with Crippen LogP contribution in [0.4, 0.5) is 10.1 Å². The lowest BCUT2D eigenvalue weighted by molar-refractivity contribution is 0.468. The first-order valence-electron chi connectivity index (χ1n) is 9.56. The van der Waals surface area contributed by atoms with Gasteiger partial charge in [0.15, 0.2) is 5.96 Å². The highest BCUT2D eigenvalue weighted by molar-refractivity contribution is 14.0. The smallest absolute Gasteiger partial charge is 0.191 e. The highest BCUT2D eigenvalue weighted by Crippen LogP contribution is 2.19. The maximum absolute atomic E-state index is 14.0. The van der Waals surface area contributed by atoms with Crippen LogP contribution in [-0.4, -0.2) is 41.4 Å². The molecule has 2 heterocycles. The number of hydrogen-bond donors (Lipinski definition) is 2. The minimum atomic E-state index is -0.348. The van der Waals surface area contributed by atoms with Gasteiger partial charge in [-0.3, -0.25) is 4.68 Å². The zero-order chi connectivity index (χ0) is 19.9. The average molecular weight is 511 g/mol. The van der Waals surface area contributed by atoms with Crippen molar-refractivity contribution in [3.8, 4) is 6.07 Å². The number of rotatable bonds is 5. The Hall–Kier alpha value is -2.35. The Bertz CT molecular complexity index is 874. The minimum Gasteiger partial charge on any atom is -0.367 e. The van der Waals surface area contributed by atoms with Crippen LogP contribution in [0.5, 0.6) is 0 Å². The number of nitrogens with zero attached hydrogens (tertiary/aromatic N) is 5. The first-order valence-corrected chi connectivity index (χ1v) is 9.56. The molecule has 0 saturated carbocycles. The van der Waals surface area contributed by atoms with Crippen LogP contribution in [0.15, 0.2) is 35.6 Å². The zero-order valence-electron chi connectivity index (χ0n) is 16.7. The number of halogens is 2. The Kier molecular flexibility index (Phi) is 8.70. The van der Waals surface area contributed by atoms with Crippen LogP contribution in [0.1, 0.15) is 30.9 Å².